The van der Waals surface area contributed by atoms with Crippen LogP contribution in [0.3, 0.4) is 0 Å². The maximum absolute atomic E-state index is 11.7. The van der Waals surface area contributed by atoms with Gasteiger partial charge in [0.15, 0.2) is 9.84 Å². The Morgan fingerprint density at radius 1 is 1.35 bits per heavy atom. The Morgan fingerprint density at radius 3 is 2.65 bits per heavy atom. The minimum atomic E-state index is -2.93. The van der Waals surface area contributed by atoms with Crippen molar-refractivity contribution in [3.8, 4) is 0 Å². The lowest BCUT2D eigenvalue weighted by molar-refractivity contribution is -0.121. The standard InChI is InChI=1S/C13H16BrNO3S2/c14-10-1-3-12(4-2-10)19-7-5-13(16)15-11-6-8-20(17,18)9-11/h1-4,11H,5-9H2,(H,15,16). The van der Waals surface area contributed by atoms with Crippen LogP contribution in [-0.4, -0.2) is 37.6 Å². The predicted octanol–water partition coefficient (Wildman–Crippen LogP) is 2.23. The van der Waals surface area contributed by atoms with Crippen molar-refractivity contribution < 1.29 is 13.2 Å². The molecule has 1 atom stereocenters. The van der Waals surface area contributed by atoms with Crippen LogP contribution >= 0.6 is 27.7 Å². The maximum Gasteiger partial charge on any atom is 0.221 e. The molecule has 1 unspecified atom stereocenters. The van der Waals surface area contributed by atoms with Crippen LogP contribution in [-0.2, 0) is 14.6 Å². The van der Waals surface area contributed by atoms with Crippen LogP contribution in [0.4, 0.5) is 0 Å². The number of hydrogen-bond acceptors (Lipinski definition) is 4. The molecule has 110 valence electrons. The number of hydrogen-bond donors (Lipinski definition) is 1. The lowest BCUT2D eigenvalue weighted by Crippen LogP contribution is -2.35. The van der Waals surface area contributed by atoms with Crippen LogP contribution in [0, 0.1) is 0 Å². The van der Waals surface area contributed by atoms with E-state index < -0.39 is 9.84 Å². The summed E-state index contributed by atoms with van der Waals surface area (Å²) >= 11 is 4.99. The third-order valence-corrected chi connectivity index (χ3v) is 6.32. The van der Waals surface area contributed by atoms with Gasteiger partial charge in [-0.1, -0.05) is 15.9 Å². The molecule has 1 aromatic carbocycles. The van der Waals surface area contributed by atoms with E-state index >= 15 is 0 Å². The Kier molecular flexibility index (Phi) is 5.51. The van der Waals surface area contributed by atoms with E-state index in [4.69, 9.17) is 0 Å². The largest absolute Gasteiger partial charge is 0.352 e. The van der Waals surface area contributed by atoms with Gasteiger partial charge in [-0.2, -0.15) is 0 Å². The van der Waals surface area contributed by atoms with Crippen LogP contribution in [0.1, 0.15) is 12.8 Å². The summed E-state index contributed by atoms with van der Waals surface area (Å²) in [4.78, 5) is 12.8. The van der Waals surface area contributed by atoms with Gasteiger partial charge in [0.05, 0.1) is 11.5 Å². The van der Waals surface area contributed by atoms with Crippen molar-refractivity contribution >= 4 is 43.4 Å². The van der Waals surface area contributed by atoms with Crippen LogP contribution in [0.25, 0.3) is 0 Å². The summed E-state index contributed by atoms with van der Waals surface area (Å²) in [7, 11) is -2.93. The first-order chi connectivity index (χ1) is 9.44. The first-order valence-corrected chi connectivity index (χ1v) is 9.93. The van der Waals surface area contributed by atoms with Gasteiger partial charge in [0.25, 0.3) is 0 Å². The molecule has 1 fully saturated rings. The van der Waals surface area contributed by atoms with E-state index in [1.165, 1.54) is 0 Å². The number of halogens is 1. The number of carbonyl (C=O) groups is 1. The number of sulfone groups is 1. The Labute approximate surface area is 131 Å². The Balaban J connectivity index is 1.69. The van der Waals surface area contributed by atoms with Gasteiger partial charge in [0.2, 0.25) is 5.91 Å². The van der Waals surface area contributed by atoms with Gasteiger partial charge >= 0.3 is 0 Å². The SMILES string of the molecule is O=C(CCSc1ccc(Br)cc1)NC1CCS(=O)(=O)C1. The molecular weight excluding hydrogens is 362 g/mol. The molecule has 0 aromatic heterocycles. The highest BCUT2D eigenvalue weighted by molar-refractivity contribution is 9.10. The molecule has 7 heteroatoms. The fraction of sp³-hybridized carbons (Fsp3) is 0.462. The molecule has 0 aliphatic carbocycles. The van der Waals surface area contributed by atoms with Crippen LogP contribution in [0.15, 0.2) is 33.6 Å². The summed E-state index contributed by atoms with van der Waals surface area (Å²) in [6.07, 6.45) is 0.936. The number of amides is 1. The minimum absolute atomic E-state index is 0.0725. The van der Waals surface area contributed by atoms with E-state index in [1.807, 2.05) is 24.3 Å². The molecule has 1 heterocycles. The fourth-order valence-electron chi connectivity index (χ4n) is 2.00. The summed E-state index contributed by atoms with van der Waals surface area (Å²) in [5, 5.41) is 2.79. The Hall–Kier alpha value is -0.530. The predicted molar refractivity (Wildman–Crippen MR) is 84.7 cm³/mol. The molecule has 0 bridgehead atoms. The highest BCUT2D eigenvalue weighted by Crippen LogP contribution is 2.21. The summed E-state index contributed by atoms with van der Waals surface area (Å²) in [5.41, 5.74) is 0. The second-order valence-corrected chi connectivity index (χ2v) is 9.03. The molecule has 0 radical (unpaired) electrons. The lowest BCUT2D eigenvalue weighted by atomic mass is 10.2. The van der Waals surface area contributed by atoms with Crippen LogP contribution in [0.5, 0.6) is 0 Å². The molecular formula is C13H16BrNO3S2. The number of thioether (sulfide) groups is 1. The minimum Gasteiger partial charge on any atom is -0.352 e. The van der Waals surface area contributed by atoms with E-state index in [1.54, 1.807) is 11.8 Å². The van der Waals surface area contributed by atoms with Crippen molar-refractivity contribution in [2.45, 2.75) is 23.8 Å². The lowest BCUT2D eigenvalue weighted by Gasteiger charge is -2.10. The Bertz CT molecular complexity index is 572. The van der Waals surface area contributed by atoms with Crippen molar-refractivity contribution in [1.29, 1.82) is 0 Å². The van der Waals surface area contributed by atoms with Crippen molar-refractivity contribution in [1.82, 2.24) is 5.32 Å². The normalized spacial score (nSPS) is 20.8. The molecule has 1 aliphatic heterocycles. The van der Waals surface area contributed by atoms with E-state index in [0.29, 0.717) is 18.6 Å². The first kappa shape index (κ1) is 15.9. The number of nitrogens with one attached hydrogen (secondary N) is 1. The van der Waals surface area contributed by atoms with E-state index in [-0.39, 0.29) is 23.5 Å². The Morgan fingerprint density at radius 2 is 2.05 bits per heavy atom. The van der Waals surface area contributed by atoms with Crippen LogP contribution < -0.4 is 5.32 Å². The van der Waals surface area contributed by atoms with Crippen molar-refractivity contribution in [3.05, 3.63) is 28.7 Å². The molecule has 1 aromatic rings. The molecule has 1 saturated heterocycles. The average Bonchev–Trinajstić information content (AvgIpc) is 2.71. The average molecular weight is 378 g/mol. The first-order valence-electron chi connectivity index (χ1n) is 6.33. The van der Waals surface area contributed by atoms with Crippen molar-refractivity contribution in [3.63, 3.8) is 0 Å². The van der Waals surface area contributed by atoms with Crippen molar-refractivity contribution in [2.24, 2.45) is 0 Å². The molecule has 1 aliphatic rings. The number of carbonyl (C=O) groups excluding carboxylic acids is 1. The smallest absolute Gasteiger partial charge is 0.221 e. The van der Waals surface area contributed by atoms with Crippen molar-refractivity contribution in [2.75, 3.05) is 17.3 Å². The van der Waals surface area contributed by atoms with Gasteiger partial charge in [0.1, 0.15) is 0 Å². The van der Waals surface area contributed by atoms with E-state index in [0.717, 1.165) is 9.37 Å². The highest BCUT2D eigenvalue weighted by atomic mass is 79.9. The zero-order valence-corrected chi connectivity index (χ0v) is 14.1. The van der Waals surface area contributed by atoms with E-state index in [2.05, 4.69) is 21.2 Å². The monoisotopic (exact) mass is 377 g/mol. The number of rotatable bonds is 5. The van der Waals surface area contributed by atoms with Gasteiger partial charge < -0.3 is 5.32 Å². The second-order valence-electron chi connectivity index (χ2n) is 4.72. The van der Waals surface area contributed by atoms with Gasteiger partial charge in [-0.15, -0.1) is 11.8 Å². The van der Waals surface area contributed by atoms with Gasteiger partial charge in [-0.05, 0) is 30.7 Å². The molecule has 0 spiro atoms. The quantitative estimate of drug-likeness (QED) is 0.799. The zero-order chi connectivity index (χ0) is 14.6. The maximum atomic E-state index is 11.7. The van der Waals surface area contributed by atoms with E-state index in [9.17, 15) is 13.2 Å². The molecule has 1 N–H and O–H groups in total. The number of benzene rings is 1. The summed E-state index contributed by atoms with van der Waals surface area (Å²) < 4.78 is 23.6. The molecule has 2 rings (SSSR count). The highest BCUT2D eigenvalue weighted by Gasteiger charge is 2.28. The molecule has 0 saturated carbocycles. The fourth-order valence-corrected chi connectivity index (χ4v) is 4.79. The molecule has 1 amide bonds. The van der Waals surface area contributed by atoms with Gasteiger partial charge in [-0.3, -0.25) is 4.79 Å². The van der Waals surface area contributed by atoms with Crippen LogP contribution in [0.2, 0.25) is 0 Å². The zero-order valence-electron chi connectivity index (χ0n) is 10.8. The molecule has 20 heavy (non-hydrogen) atoms. The summed E-state index contributed by atoms with van der Waals surface area (Å²) in [5.74, 6) is 0.883. The van der Waals surface area contributed by atoms with Gasteiger partial charge in [0, 0.05) is 27.6 Å². The summed E-state index contributed by atoms with van der Waals surface area (Å²) in [6, 6.07) is 7.72. The third-order valence-electron chi connectivity index (χ3n) is 3.01. The topological polar surface area (TPSA) is 63.2 Å². The third kappa shape index (κ3) is 5.10. The second kappa shape index (κ2) is 6.95. The summed E-state index contributed by atoms with van der Waals surface area (Å²) in [6.45, 7) is 0. The molecule has 4 nitrogen and oxygen atoms in total. The van der Waals surface area contributed by atoms with Gasteiger partial charge in [-0.25, -0.2) is 8.42 Å².